The summed E-state index contributed by atoms with van der Waals surface area (Å²) >= 11 is 0. The first-order valence-electron chi connectivity index (χ1n) is 11.0. The summed E-state index contributed by atoms with van der Waals surface area (Å²) in [5.41, 5.74) is 5.08. The zero-order chi connectivity index (χ0) is 23.8. The van der Waals surface area contributed by atoms with E-state index in [0.29, 0.717) is 42.3 Å². The van der Waals surface area contributed by atoms with Gasteiger partial charge in [0.25, 0.3) is 0 Å². The Bertz CT molecular complexity index is 1180. The lowest BCUT2D eigenvalue weighted by atomic mass is 9.99. The summed E-state index contributed by atoms with van der Waals surface area (Å²) in [7, 11) is -7.19. The van der Waals surface area contributed by atoms with Gasteiger partial charge in [-0.25, -0.2) is 21.6 Å². The van der Waals surface area contributed by atoms with E-state index in [1.54, 1.807) is 0 Å². The van der Waals surface area contributed by atoms with Crippen molar-refractivity contribution >= 4 is 20.0 Å². The normalized spacial score (nSPS) is 16.4. The Morgan fingerprint density at radius 1 is 0.750 bits per heavy atom. The van der Waals surface area contributed by atoms with Crippen LogP contribution in [-0.2, 0) is 20.0 Å². The summed E-state index contributed by atoms with van der Waals surface area (Å²) in [5.74, 6) is 0.0995. The highest BCUT2D eigenvalue weighted by atomic mass is 32.2. The molecule has 6 nitrogen and oxygen atoms in total. The molecule has 176 valence electrons. The summed E-state index contributed by atoms with van der Waals surface area (Å²) in [6.45, 7) is 12.3. The fourth-order valence-electron chi connectivity index (χ4n) is 4.95. The van der Waals surface area contributed by atoms with E-state index in [2.05, 4.69) is 4.72 Å². The summed E-state index contributed by atoms with van der Waals surface area (Å²) in [5, 5.41) is 0. The van der Waals surface area contributed by atoms with Crippen LogP contribution in [0.1, 0.15) is 46.2 Å². The van der Waals surface area contributed by atoms with Gasteiger partial charge in [0.2, 0.25) is 20.0 Å². The van der Waals surface area contributed by atoms with Crippen LogP contribution in [0.5, 0.6) is 0 Å². The minimum atomic E-state index is -3.62. The highest BCUT2D eigenvalue weighted by Gasteiger charge is 2.32. The van der Waals surface area contributed by atoms with Gasteiger partial charge in [-0.15, -0.1) is 0 Å². The third-order valence-corrected chi connectivity index (χ3v) is 10.1. The maximum Gasteiger partial charge on any atom is 0.243 e. The molecule has 0 spiro atoms. The minimum absolute atomic E-state index is 0.0995. The Morgan fingerprint density at radius 2 is 1.16 bits per heavy atom. The van der Waals surface area contributed by atoms with Crippen LogP contribution < -0.4 is 4.72 Å². The van der Waals surface area contributed by atoms with Crippen molar-refractivity contribution < 1.29 is 16.8 Å². The van der Waals surface area contributed by atoms with Crippen molar-refractivity contribution in [2.75, 3.05) is 19.6 Å². The summed E-state index contributed by atoms with van der Waals surface area (Å²) in [4.78, 5) is 0.737. The molecular weight excluding hydrogens is 444 g/mol. The summed E-state index contributed by atoms with van der Waals surface area (Å²) in [6.07, 6.45) is 1.25. The Labute approximate surface area is 193 Å². The van der Waals surface area contributed by atoms with E-state index >= 15 is 0 Å². The van der Waals surface area contributed by atoms with Gasteiger partial charge in [-0.2, -0.15) is 4.31 Å². The first kappa shape index (κ1) is 24.9. The summed E-state index contributed by atoms with van der Waals surface area (Å²) in [6, 6.07) is 7.55. The van der Waals surface area contributed by atoms with Crippen LogP contribution in [0.25, 0.3) is 0 Å². The van der Waals surface area contributed by atoms with Gasteiger partial charge >= 0.3 is 0 Å². The molecule has 1 fully saturated rings. The largest absolute Gasteiger partial charge is 0.243 e. The first-order chi connectivity index (χ1) is 14.8. The number of benzene rings is 2. The molecule has 2 aromatic rings. The second-order valence-electron chi connectivity index (χ2n) is 9.16. The Balaban J connectivity index is 1.67. The van der Waals surface area contributed by atoms with Crippen LogP contribution in [-0.4, -0.2) is 40.8 Å². The number of sulfonamides is 2. The van der Waals surface area contributed by atoms with Gasteiger partial charge in [0.05, 0.1) is 9.79 Å². The molecule has 1 aliphatic rings. The number of nitrogens with one attached hydrogen (secondary N) is 1. The molecule has 32 heavy (non-hydrogen) atoms. The van der Waals surface area contributed by atoms with E-state index in [0.717, 1.165) is 33.4 Å². The molecule has 0 saturated carbocycles. The average Bonchev–Trinajstić information content (AvgIpc) is 2.64. The monoisotopic (exact) mass is 478 g/mol. The highest BCUT2D eigenvalue weighted by Crippen LogP contribution is 2.29. The second-order valence-corrected chi connectivity index (χ2v) is 12.7. The van der Waals surface area contributed by atoms with Crippen LogP contribution in [0.4, 0.5) is 0 Å². The molecule has 1 aliphatic heterocycles. The van der Waals surface area contributed by atoms with Gasteiger partial charge in [0.1, 0.15) is 0 Å². The molecule has 1 N–H and O–H groups in total. The van der Waals surface area contributed by atoms with Crippen LogP contribution in [0.2, 0.25) is 0 Å². The zero-order valence-electron chi connectivity index (χ0n) is 19.8. The van der Waals surface area contributed by atoms with E-state index in [9.17, 15) is 16.8 Å². The van der Waals surface area contributed by atoms with Crippen molar-refractivity contribution in [3.8, 4) is 0 Å². The zero-order valence-corrected chi connectivity index (χ0v) is 21.5. The van der Waals surface area contributed by atoms with E-state index in [4.69, 9.17) is 0 Å². The van der Waals surface area contributed by atoms with E-state index < -0.39 is 20.0 Å². The lowest BCUT2D eigenvalue weighted by Gasteiger charge is -2.32. The first-order valence-corrected chi connectivity index (χ1v) is 13.9. The molecule has 1 saturated heterocycles. The standard InChI is InChI=1S/C24H34N2O4S2/c1-16-11-18(3)23(19(4)12-16)31(27,28)25-15-22-7-9-26(10-8-22)32(29,30)24-20(5)13-17(2)14-21(24)6/h11-14,22,25H,7-10,15H2,1-6H3. The van der Waals surface area contributed by atoms with Crippen LogP contribution in [0.3, 0.4) is 0 Å². The molecule has 0 aromatic heterocycles. The fraction of sp³-hybridized carbons (Fsp3) is 0.500. The molecule has 8 heteroatoms. The highest BCUT2D eigenvalue weighted by molar-refractivity contribution is 7.89. The lowest BCUT2D eigenvalue weighted by molar-refractivity contribution is 0.274. The average molecular weight is 479 g/mol. The number of nitrogens with zero attached hydrogens (tertiary/aromatic N) is 1. The van der Waals surface area contributed by atoms with Crippen LogP contribution in [0, 0.1) is 47.5 Å². The van der Waals surface area contributed by atoms with E-state index in [-0.39, 0.29) is 5.92 Å². The van der Waals surface area contributed by atoms with Gasteiger partial charge in [-0.1, -0.05) is 35.4 Å². The second kappa shape index (κ2) is 9.25. The predicted molar refractivity (Wildman–Crippen MR) is 128 cm³/mol. The molecule has 0 aliphatic carbocycles. The maximum absolute atomic E-state index is 13.3. The number of hydrogen-bond acceptors (Lipinski definition) is 4. The fourth-order valence-corrected chi connectivity index (χ4v) is 8.39. The van der Waals surface area contributed by atoms with Crippen molar-refractivity contribution in [2.24, 2.45) is 5.92 Å². The Morgan fingerprint density at radius 3 is 1.59 bits per heavy atom. The molecule has 0 radical (unpaired) electrons. The van der Waals surface area contributed by atoms with Crippen molar-refractivity contribution in [1.29, 1.82) is 0 Å². The summed E-state index contributed by atoms with van der Waals surface area (Å²) < 4.78 is 56.7. The van der Waals surface area contributed by atoms with E-state index in [1.165, 1.54) is 4.31 Å². The molecule has 3 rings (SSSR count). The lowest BCUT2D eigenvalue weighted by Crippen LogP contribution is -2.42. The van der Waals surface area contributed by atoms with Crippen molar-refractivity contribution in [3.63, 3.8) is 0 Å². The van der Waals surface area contributed by atoms with Crippen molar-refractivity contribution in [2.45, 2.75) is 64.2 Å². The van der Waals surface area contributed by atoms with Gasteiger partial charge in [-0.3, -0.25) is 0 Å². The third kappa shape index (κ3) is 5.09. The number of hydrogen-bond donors (Lipinski definition) is 1. The van der Waals surface area contributed by atoms with Crippen LogP contribution in [0.15, 0.2) is 34.1 Å². The Hall–Kier alpha value is -1.74. The topological polar surface area (TPSA) is 83.6 Å². The van der Waals surface area contributed by atoms with Crippen molar-refractivity contribution in [1.82, 2.24) is 9.03 Å². The molecule has 2 aromatic carbocycles. The molecular formula is C24H34N2O4S2. The van der Waals surface area contributed by atoms with E-state index in [1.807, 2.05) is 65.8 Å². The molecule has 1 heterocycles. The minimum Gasteiger partial charge on any atom is -0.211 e. The maximum atomic E-state index is 13.3. The van der Waals surface area contributed by atoms with Gasteiger partial charge in [-0.05, 0) is 82.6 Å². The third-order valence-electron chi connectivity index (χ3n) is 6.21. The van der Waals surface area contributed by atoms with Gasteiger partial charge in [0, 0.05) is 19.6 Å². The molecule has 0 amide bonds. The number of piperidine rings is 1. The quantitative estimate of drug-likeness (QED) is 0.682. The molecule has 0 unspecified atom stereocenters. The van der Waals surface area contributed by atoms with Crippen LogP contribution >= 0.6 is 0 Å². The number of rotatable bonds is 6. The number of aryl methyl sites for hydroxylation is 6. The smallest absolute Gasteiger partial charge is 0.211 e. The molecule has 0 bridgehead atoms. The predicted octanol–water partition coefficient (Wildman–Crippen LogP) is 3.92. The van der Waals surface area contributed by atoms with Crippen molar-refractivity contribution in [3.05, 3.63) is 57.6 Å². The molecule has 0 atom stereocenters. The van der Waals surface area contributed by atoms with Gasteiger partial charge in [0.15, 0.2) is 0 Å². The SMILES string of the molecule is Cc1cc(C)c(S(=O)(=O)NCC2CCN(S(=O)(=O)c3c(C)cc(C)cc3C)CC2)c(C)c1. The van der Waals surface area contributed by atoms with Gasteiger partial charge < -0.3 is 0 Å². The Kier molecular flexibility index (Phi) is 7.20.